The van der Waals surface area contributed by atoms with E-state index in [1.165, 1.54) is 5.56 Å². The van der Waals surface area contributed by atoms with Crippen LogP contribution < -0.4 is 14.8 Å². The van der Waals surface area contributed by atoms with Crippen LogP contribution in [0.1, 0.15) is 44.7 Å². The molecule has 1 atom stereocenters. The smallest absolute Gasteiger partial charge is 0.122 e. The van der Waals surface area contributed by atoms with Gasteiger partial charge in [-0.1, -0.05) is 44.2 Å². The van der Waals surface area contributed by atoms with E-state index in [9.17, 15) is 5.11 Å². The molecule has 0 saturated carbocycles. The van der Waals surface area contributed by atoms with Crippen LogP contribution in [0.3, 0.4) is 0 Å². The molecule has 28 heavy (non-hydrogen) atoms. The van der Waals surface area contributed by atoms with Crippen molar-refractivity contribution in [1.29, 1.82) is 0 Å². The number of benzene rings is 2. The molecule has 0 aromatic heterocycles. The maximum Gasteiger partial charge on any atom is 0.122 e. The van der Waals surface area contributed by atoms with Crippen LogP contribution in [0.25, 0.3) is 0 Å². The van der Waals surface area contributed by atoms with E-state index in [0.29, 0.717) is 12.5 Å². The summed E-state index contributed by atoms with van der Waals surface area (Å²) >= 11 is 0. The highest BCUT2D eigenvalue weighted by Crippen LogP contribution is 2.26. The zero-order chi connectivity index (χ0) is 19.9. The summed E-state index contributed by atoms with van der Waals surface area (Å²) in [6.07, 6.45) is 0.293. The van der Waals surface area contributed by atoms with E-state index < -0.39 is 6.10 Å². The molecule has 2 aromatic rings. The summed E-state index contributed by atoms with van der Waals surface area (Å²) in [5, 5.41) is 13.8. The monoisotopic (exact) mass is 407 g/mol. The van der Waals surface area contributed by atoms with Crippen molar-refractivity contribution in [3.05, 3.63) is 59.7 Å². The second-order valence-corrected chi connectivity index (χ2v) is 7.95. The largest absolute Gasteiger partial charge is 0.497 e. The normalized spacial score (nSPS) is 12.4. The fourth-order valence-corrected chi connectivity index (χ4v) is 3.04. The molecule has 2 N–H and O–H groups in total. The molecule has 0 aliphatic rings. The van der Waals surface area contributed by atoms with Gasteiger partial charge in [0.1, 0.15) is 24.2 Å². The summed E-state index contributed by atoms with van der Waals surface area (Å²) in [6, 6.07) is 16.1. The zero-order valence-electron chi connectivity index (χ0n) is 17.6. The van der Waals surface area contributed by atoms with Crippen molar-refractivity contribution in [2.45, 2.75) is 51.7 Å². The fourth-order valence-electron chi connectivity index (χ4n) is 3.04. The van der Waals surface area contributed by atoms with Gasteiger partial charge in [-0.25, -0.2) is 0 Å². The molecule has 4 nitrogen and oxygen atoms in total. The van der Waals surface area contributed by atoms with Gasteiger partial charge in [-0.05, 0) is 55.5 Å². The van der Waals surface area contributed by atoms with E-state index >= 15 is 0 Å². The van der Waals surface area contributed by atoms with Crippen LogP contribution in [-0.4, -0.2) is 37.0 Å². The lowest BCUT2D eigenvalue weighted by molar-refractivity contribution is 0.0982. The van der Waals surface area contributed by atoms with Crippen LogP contribution in [0.5, 0.6) is 11.5 Å². The molecule has 1 unspecified atom stereocenters. The summed E-state index contributed by atoms with van der Waals surface area (Å²) < 4.78 is 11.1. The number of hydrogen-bond donors (Lipinski definition) is 2. The van der Waals surface area contributed by atoms with E-state index in [1.54, 1.807) is 7.11 Å². The molecule has 2 rings (SSSR count). The molecular weight excluding hydrogens is 374 g/mol. The Balaban J connectivity index is 0.00000392. The number of aliphatic hydroxyl groups is 1. The van der Waals surface area contributed by atoms with Gasteiger partial charge in [0.15, 0.2) is 0 Å². The molecule has 0 amide bonds. The SMILES string of the molecule is COc1ccc(CC(C)(C)NCC(O)COc2ccccc2C(C)C)cc1.Cl. The number of hydrogen-bond acceptors (Lipinski definition) is 4. The zero-order valence-corrected chi connectivity index (χ0v) is 18.4. The van der Waals surface area contributed by atoms with Crippen LogP contribution in [0.2, 0.25) is 0 Å². The Morgan fingerprint density at radius 1 is 1.04 bits per heavy atom. The second kappa shape index (κ2) is 11.3. The highest BCUT2D eigenvalue weighted by molar-refractivity contribution is 5.85. The number of nitrogens with one attached hydrogen (secondary N) is 1. The highest BCUT2D eigenvalue weighted by atomic mass is 35.5. The highest BCUT2D eigenvalue weighted by Gasteiger charge is 2.20. The second-order valence-electron chi connectivity index (χ2n) is 7.95. The Labute approximate surface area is 175 Å². The molecule has 5 heteroatoms. The van der Waals surface area contributed by atoms with Gasteiger partial charge in [0.25, 0.3) is 0 Å². The minimum atomic E-state index is -0.569. The number of β-amino-alcohol motifs (C(OH)–C–C–N with tert-alkyl or cyclic N) is 1. The number of para-hydroxylation sites is 1. The molecule has 156 valence electrons. The lowest BCUT2D eigenvalue weighted by atomic mass is 9.94. The van der Waals surface area contributed by atoms with Crippen molar-refractivity contribution < 1.29 is 14.6 Å². The predicted molar refractivity (Wildman–Crippen MR) is 118 cm³/mol. The predicted octanol–water partition coefficient (Wildman–Crippen LogP) is 4.59. The maximum atomic E-state index is 10.3. The summed E-state index contributed by atoms with van der Waals surface area (Å²) in [5.41, 5.74) is 2.26. The Bertz CT molecular complexity index is 701. The molecule has 0 spiro atoms. The van der Waals surface area contributed by atoms with Gasteiger partial charge in [0.05, 0.1) is 7.11 Å². The first-order valence-electron chi connectivity index (χ1n) is 9.58. The number of rotatable bonds is 10. The van der Waals surface area contributed by atoms with Crippen molar-refractivity contribution in [2.75, 3.05) is 20.3 Å². The Hall–Kier alpha value is -1.75. The summed E-state index contributed by atoms with van der Waals surface area (Å²) in [6.45, 7) is 9.31. The molecule has 0 bridgehead atoms. The van der Waals surface area contributed by atoms with E-state index in [0.717, 1.165) is 23.5 Å². The first-order valence-corrected chi connectivity index (χ1v) is 9.58. The van der Waals surface area contributed by atoms with Gasteiger partial charge in [-0.3, -0.25) is 0 Å². The van der Waals surface area contributed by atoms with Crippen LogP contribution >= 0.6 is 12.4 Å². The minimum absolute atomic E-state index is 0. The molecule has 0 aliphatic heterocycles. The van der Waals surface area contributed by atoms with E-state index in [4.69, 9.17) is 9.47 Å². The summed E-state index contributed by atoms with van der Waals surface area (Å²) in [4.78, 5) is 0. The minimum Gasteiger partial charge on any atom is -0.497 e. The Kier molecular flexibility index (Phi) is 9.80. The molecule has 0 aliphatic carbocycles. The van der Waals surface area contributed by atoms with Gasteiger partial charge in [-0.15, -0.1) is 12.4 Å². The number of halogens is 1. The lowest BCUT2D eigenvalue weighted by Crippen LogP contribution is -2.46. The van der Waals surface area contributed by atoms with Crippen molar-refractivity contribution in [3.8, 4) is 11.5 Å². The topological polar surface area (TPSA) is 50.7 Å². The number of ether oxygens (including phenoxy) is 2. The van der Waals surface area contributed by atoms with Crippen LogP contribution in [0, 0.1) is 0 Å². The summed E-state index contributed by atoms with van der Waals surface area (Å²) in [7, 11) is 1.67. The van der Waals surface area contributed by atoms with E-state index in [1.807, 2.05) is 30.3 Å². The summed E-state index contributed by atoms with van der Waals surface area (Å²) in [5.74, 6) is 2.10. The van der Waals surface area contributed by atoms with Crippen molar-refractivity contribution in [2.24, 2.45) is 0 Å². The molecular formula is C23H34ClNO3. The van der Waals surface area contributed by atoms with E-state index in [2.05, 4.69) is 51.2 Å². The Morgan fingerprint density at radius 2 is 1.68 bits per heavy atom. The van der Waals surface area contributed by atoms with Crippen molar-refractivity contribution >= 4 is 12.4 Å². The quantitative estimate of drug-likeness (QED) is 0.604. The Morgan fingerprint density at radius 3 is 2.29 bits per heavy atom. The third kappa shape index (κ3) is 7.70. The van der Waals surface area contributed by atoms with Gasteiger partial charge in [0, 0.05) is 12.1 Å². The molecule has 2 aromatic carbocycles. The third-order valence-electron chi connectivity index (χ3n) is 4.59. The first-order chi connectivity index (χ1) is 12.8. The number of aliphatic hydroxyl groups excluding tert-OH is 1. The fraction of sp³-hybridized carbons (Fsp3) is 0.478. The van der Waals surface area contributed by atoms with Crippen LogP contribution in [-0.2, 0) is 6.42 Å². The molecule has 0 radical (unpaired) electrons. The standard InChI is InChI=1S/C23H33NO3.ClH/c1-17(2)21-8-6-7-9-22(21)27-16-19(25)15-24-23(3,4)14-18-10-12-20(26-5)13-11-18;/h6-13,17,19,24-25H,14-16H2,1-5H3;1H. The molecule has 0 fully saturated rings. The first kappa shape index (κ1) is 24.3. The van der Waals surface area contributed by atoms with Crippen molar-refractivity contribution in [3.63, 3.8) is 0 Å². The molecule has 0 heterocycles. The number of methoxy groups -OCH3 is 1. The van der Waals surface area contributed by atoms with Crippen LogP contribution in [0.15, 0.2) is 48.5 Å². The van der Waals surface area contributed by atoms with Gasteiger partial charge in [0.2, 0.25) is 0 Å². The lowest BCUT2D eigenvalue weighted by Gasteiger charge is -2.28. The maximum absolute atomic E-state index is 10.3. The average molecular weight is 408 g/mol. The molecule has 0 saturated heterocycles. The van der Waals surface area contributed by atoms with E-state index in [-0.39, 0.29) is 24.6 Å². The van der Waals surface area contributed by atoms with Gasteiger partial charge < -0.3 is 19.9 Å². The van der Waals surface area contributed by atoms with Crippen molar-refractivity contribution in [1.82, 2.24) is 5.32 Å². The van der Waals surface area contributed by atoms with Gasteiger partial charge in [-0.2, -0.15) is 0 Å². The average Bonchev–Trinajstić information content (AvgIpc) is 2.65. The van der Waals surface area contributed by atoms with Gasteiger partial charge >= 0.3 is 0 Å². The third-order valence-corrected chi connectivity index (χ3v) is 4.59. The van der Waals surface area contributed by atoms with Crippen LogP contribution in [0.4, 0.5) is 0 Å².